The predicted octanol–water partition coefficient (Wildman–Crippen LogP) is 2.25. The summed E-state index contributed by atoms with van der Waals surface area (Å²) in [7, 11) is 0. The molecule has 9 nitrogen and oxygen atoms in total. The monoisotopic (exact) mass is 434 g/mol. The highest BCUT2D eigenvalue weighted by Crippen LogP contribution is 2.33. The second-order valence-corrected chi connectivity index (χ2v) is 7.63. The number of amides is 2. The predicted molar refractivity (Wildman–Crippen MR) is 108 cm³/mol. The summed E-state index contributed by atoms with van der Waals surface area (Å²) in [6.07, 6.45) is 3.81. The van der Waals surface area contributed by atoms with E-state index in [2.05, 4.69) is 15.6 Å². The van der Waals surface area contributed by atoms with E-state index >= 15 is 0 Å². The molecule has 11 heteroatoms. The molecule has 1 N–H and O–H groups in total. The molecule has 2 fully saturated rings. The van der Waals surface area contributed by atoms with Gasteiger partial charge in [0.2, 0.25) is 5.91 Å². The largest absolute Gasteiger partial charge is 0.442 e. The summed E-state index contributed by atoms with van der Waals surface area (Å²) in [6, 6.07) is 2.44. The molecule has 2 amide bonds. The average molecular weight is 434 g/mol. The Morgan fingerprint density at radius 3 is 2.58 bits per heavy atom. The first-order chi connectivity index (χ1) is 15.0. The van der Waals surface area contributed by atoms with Crippen LogP contribution in [0, 0.1) is 11.6 Å². The van der Waals surface area contributed by atoms with Gasteiger partial charge < -0.3 is 15.0 Å². The second kappa shape index (κ2) is 8.86. The number of ether oxygens (including phenoxy) is 1. The Hall–Kier alpha value is -3.24. The van der Waals surface area contributed by atoms with Gasteiger partial charge in [0.1, 0.15) is 11.8 Å². The van der Waals surface area contributed by atoms with Gasteiger partial charge in [-0.1, -0.05) is 12.1 Å². The van der Waals surface area contributed by atoms with E-state index in [-0.39, 0.29) is 36.4 Å². The number of cyclic esters (lactones) is 1. The topological polar surface area (TPSA) is 92.6 Å². The second-order valence-electron chi connectivity index (χ2n) is 7.63. The summed E-state index contributed by atoms with van der Waals surface area (Å²) in [5.41, 5.74) is -0.00863. The molecule has 0 radical (unpaired) electrons. The number of aromatic nitrogens is 3. The molecule has 0 spiro atoms. The van der Waals surface area contributed by atoms with Gasteiger partial charge in [0.15, 0.2) is 11.6 Å². The number of nitrogens with zero attached hydrogens (tertiary/aromatic N) is 5. The number of halogens is 2. The zero-order chi connectivity index (χ0) is 22.0. The van der Waals surface area contributed by atoms with Crippen molar-refractivity contribution in [2.75, 3.05) is 36.0 Å². The first-order valence-electron chi connectivity index (χ1n) is 10.3. The van der Waals surface area contributed by atoms with E-state index in [1.54, 1.807) is 28.9 Å². The Balaban J connectivity index is 1.43. The number of anilines is 2. The lowest BCUT2D eigenvalue weighted by Crippen LogP contribution is -2.36. The minimum absolute atomic E-state index is 0.0885. The van der Waals surface area contributed by atoms with E-state index in [9.17, 15) is 18.4 Å². The molecule has 4 rings (SSSR count). The van der Waals surface area contributed by atoms with Gasteiger partial charge in [-0.25, -0.2) is 18.3 Å². The molecule has 2 saturated heterocycles. The molecule has 3 heterocycles. The van der Waals surface area contributed by atoms with Crippen molar-refractivity contribution in [3.8, 4) is 0 Å². The summed E-state index contributed by atoms with van der Waals surface area (Å²) in [6.45, 7) is 2.92. The van der Waals surface area contributed by atoms with Gasteiger partial charge in [-0.15, -0.1) is 5.10 Å². The molecule has 0 bridgehead atoms. The molecule has 0 aliphatic carbocycles. The fourth-order valence-electron chi connectivity index (χ4n) is 3.97. The number of rotatable bonds is 6. The van der Waals surface area contributed by atoms with Gasteiger partial charge in [-0.05, 0) is 12.8 Å². The molecule has 1 atom stereocenters. The van der Waals surface area contributed by atoms with E-state index in [1.165, 1.54) is 4.90 Å². The third-order valence-electron chi connectivity index (χ3n) is 5.63. The molecule has 1 aromatic carbocycles. The van der Waals surface area contributed by atoms with Crippen LogP contribution in [-0.2, 0) is 9.53 Å². The van der Waals surface area contributed by atoms with Gasteiger partial charge in [0, 0.05) is 37.8 Å². The lowest BCUT2D eigenvalue weighted by Gasteiger charge is -2.34. The Bertz CT molecular complexity index is 923. The van der Waals surface area contributed by atoms with Crippen LogP contribution in [0.4, 0.5) is 25.0 Å². The standard InChI is InChI=1S/C20H24F2N6O3/c1-2-18(29)23-11-15-12-27(20(30)31-15)14-9-16(21)19(17(22)10-14)26-6-3-13(4-7-26)28-8-5-24-25-28/h5,8-10,13,15H,2-4,6-7,11-12H2,1H3,(H,23,29). The third-order valence-corrected chi connectivity index (χ3v) is 5.63. The van der Waals surface area contributed by atoms with Crippen LogP contribution in [0.1, 0.15) is 32.2 Å². The summed E-state index contributed by atoms with van der Waals surface area (Å²) >= 11 is 0. The van der Waals surface area contributed by atoms with Crippen LogP contribution in [0.5, 0.6) is 0 Å². The number of nitrogens with one attached hydrogen (secondary N) is 1. The number of hydrogen-bond acceptors (Lipinski definition) is 6. The smallest absolute Gasteiger partial charge is 0.414 e. The minimum Gasteiger partial charge on any atom is -0.442 e. The van der Waals surface area contributed by atoms with Crippen molar-refractivity contribution in [3.05, 3.63) is 36.2 Å². The summed E-state index contributed by atoms with van der Waals surface area (Å²) in [5, 5.41) is 10.4. The van der Waals surface area contributed by atoms with E-state index in [0.29, 0.717) is 32.4 Å². The van der Waals surface area contributed by atoms with Crippen LogP contribution in [-0.4, -0.2) is 59.3 Å². The first kappa shape index (κ1) is 21.0. The van der Waals surface area contributed by atoms with Crippen molar-refractivity contribution in [1.82, 2.24) is 20.3 Å². The molecule has 1 unspecified atom stereocenters. The van der Waals surface area contributed by atoms with Crippen LogP contribution >= 0.6 is 0 Å². The lowest BCUT2D eigenvalue weighted by atomic mass is 10.0. The zero-order valence-electron chi connectivity index (χ0n) is 17.1. The molecule has 2 aromatic rings. The molecular formula is C20H24F2N6O3. The van der Waals surface area contributed by atoms with Gasteiger partial charge in [-0.2, -0.15) is 0 Å². The van der Waals surface area contributed by atoms with Crippen molar-refractivity contribution in [1.29, 1.82) is 0 Å². The first-order valence-corrected chi connectivity index (χ1v) is 10.3. The van der Waals surface area contributed by atoms with Crippen LogP contribution in [0.3, 0.4) is 0 Å². The van der Waals surface area contributed by atoms with E-state index in [0.717, 1.165) is 12.1 Å². The van der Waals surface area contributed by atoms with Crippen molar-refractivity contribution < 1.29 is 23.1 Å². The maximum Gasteiger partial charge on any atom is 0.414 e. The van der Waals surface area contributed by atoms with Crippen molar-refractivity contribution in [3.63, 3.8) is 0 Å². The molecule has 1 aromatic heterocycles. The molecular weight excluding hydrogens is 410 g/mol. The van der Waals surface area contributed by atoms with E-state index in [1.807, 2.05) is 0 Å². The van der Waals surface area contributed by atoms with E-state index in [4.69, 9.17) is 4.74 Å². The molecule has 2 aliphatic heterocycles. The van der Waals surface area contributed by atoms with Crippen molar-refractivity contribution >= 4 is 23.4 Å². The number of benzene rings is 1. The normalized spacial score (nSPS) is 19.6. The quantitative estimate of drug-likeness (QED) is 0.750. The Kier molecular flexibility index (Phi) is 6.01. The highest BCUT2D eigenvalue weighted by molar-refractivity contribution is 5.90. The van der Waals surface area contributed by atoms with Crippen molar-refractivity contribution in [2.45, 2.75) is 38.3 Å². The lowest BCUT2D eigenvalue weighted by molar-refractivity contribution is -0.121. The summed E-state index contributed by atoms with van der Waals surface area (Å²) < 4.78 is 36.8. The zero-order valence-corrected chi connectivity index (χ0v) is 17.1. The molecule has 0 saturated carbocycles. The maximum absolute atomic E-state index is 14.9. The number of hydrogen-bond donors (Lipinski definition) is 1. The molecule has 31 heavy (non-hydrogen) atoms. The van der Waals surface area contributed by atoms with Crippen LogP contribution in [0.25, 0.3) is 0 Å². The summed E-state index contributed by atoms with van der Waals surface area (Å²) in [4.78, 5) is 26.4. The SMILES string of the molecule is CCC(=O)NCC1CN(c2cc(F)c(N3CCC(n4ccnn4)CC3)c(F)c2)C(=O)O1. The maximum atomic E-state index is 14.9. The fourth-order valence-corrected chi connectivity index (χ4v) is 3.97. The van der Waals surface area contributed by atoms with E-state index < -0.39 is 23.8 Å². The fraction of sp³-hybridized carbons (Fsp3) is 0.500. The van der Waals surface area contributed by atoms with Gasteiger partial charge in [0.25, 0.3) is 0 Å². The third kappa shape index (κ3) is 4.44. The van der Waals surface area contributed by atoms with Crippen LogP contribution in [0.15, 0.2) is 24.5 Å². The number of piperidine rings is 1. The molecule has 2 aliphatic rings. The highest BCUT2D eigenvalue weighted by atomic mass is 19.1. The van der Waals surface area contributed by atoms with Crippen LogP contribution in [0.2, 0.25) is 0 Å². The summed E-state index contributed by atoms with van der Waals surface area (Å²) in [5.74, 6) is -1.63. The molecule has 166 valence electrons. The number of carbonyl (C=O) groups excluding carboxylic acids is 2. The Morgan fingerprint density at radius 1 is 1.26 bits per heavy atom. The highest BCUT2D eigenvalue weighted by Gasteiger charge is 2.34. The Morgan fingerprint density at radius 2 is 1.97 bits per heavy atom. The van der Waals surface area contributed by atoms with Crippen molar-refractivity contribution in [2.24, 2.45) is 0 Å². The number of carbonyl (C=O) groups is 2. The van der Waals surface area contributed by atoms with Gasteiger partial charge in [-0.3, -0.25) is 9.69 Å². The van der Waals surface area contributed by atoms with Crippen LogP contribution < -0.4 is 15.1 Å². The van der Waals surface area contributed by atoms with Gasteiger partial charge >= 0.3 is 6.09 Å². The average Bonchev–Trinajstić information content (AvgIpc) is 3.42. The Labute approximate surface area is 177 Å². The minimum atomic E-state index is -0.732. The van der Waals surface area contributed by atoms with Gasteiger partial charge in [0.05, 0.1) is 31.0 Å².